The molecule has 13 heavy (non-hydrogen) atoms. The zero-order valence-corrected chi connectivity index (χ0v) is 8.34. The number of hydrogen-bond acceptors (Lipinski definition) is 3. The fraction of sp³-hybridized carbons (Fsp3) is 0.250. The van der Waals surface area contributed by atoms with Gasteiger partial charge in [0, 0.05) is 12.5 Å². The average Bonchev–Trinajstić information content (AvgIpc) is 2.09. The summed E-state index contributed by atoms with van der Waals surface area (Å²) in [5.74, 6) is 4.23. The largest absolute Gasteiger partial charge is 0.507 e. The molecule has 0 bridgehead atoms. The first-order valence-electron chi connectivity index (χ1n) is 3.63. The Morgan fingerprint density at radius 2 is 2.23 bits per heavy atom. The second-order valence-corrected chi connectivity index (χ2v) is 3.37. The van der Waals surface area contributed by atoms with Gasteiger partial charge in [0.15, 0.2) is 0 Å². The maximum Gasteiger partial charge on any atom is 0.132 e. The lowest BCUT2D eigenvalue weighted by atomic mass is 10.1. The number of nitrogens with two attached hydrogens (primary N) is 1. The van der Waals surface area contributed by atoms with E-state index < -0.39 is 5.82 Å². The van der Waals surface area contributed by atoms with Gasteiger partial charge in [0.25, 0.3) is 0 Å². The number of phenolic OH excluding ortho intramolecular Hbond substituents is 1. The molecule has 0 aliphatic carbocycles. The van der Waals surface area contributed by atoms with Crippen molar-refractivity contribution in [2.75, 3.05) is 6.61 Å². The number of aromatic hydroxyl groups is 1. The topological polar surface area (TPSA) is 55.5 Å². The highest BCUT2D eigenvalue weighted by Gasteiger charge is 2.06. The van der Waals surface area contributed by atoms with Gasteiger partial charge in [0.1, 0.15) is 11.6 Å². The highest BCUT2D eigenvalue weighted by Crippen LogP contribution is 2.26. The van der Waals surface area contributed by atoms with E-state index in [1.807, 2.05) is 0 Å². The summed E-state index contributed by atoms with van der Waals surface area (Å²) in [6, 6.07) is 2.56. The molecular weight excluding hydrogens is 241 g/mol. The van der Waals surface area contributed by atoms with Crippen LogP contribution in [-0.4, -0.2) is 11.7 Å². The molecule has 0 aliphatic heterocycles. The molecule has 0 amide bonds. The van der Waals surface area contributed by atoms with Gasteiger partial charge < -0.3 is 9.94 Å². The fourth-order valence-corrected chi connectivity index (χ4v) is 1.33. The Morgan fingerprint density at radius 1 is 1.54 bits per heavy atom. The Balaban J connectivity index is 2.88. The van der Waals surface area contributed by atoms with Crippen LogP contribution < -0.4 is 5.90 Å². The molecule has 1 rings (SSSR count). The lowest BCUT2D eigenvalue weighted by Crippen LogP contribution is -2.05. The minimum Gasteiger partial charge on any atom is -0.507 e. The summed E-state index contributed by atoms with van der Waals surface area (Å²) in [6.07, 6.45) is 0.376. The molecular formula is C8H9BrFNO2. The minimum atomic E-state index is -0.460. The van der Waals surface area contributed by atoms with Crippen LogP contribution in [0.15, 0.2) is 16.6 Å². The highest BCUT2D eigenvalue weighted by atomic mass is 79.9. The third-order valence-electron chi connectivity index (χ3n) is 1.61. The Bertz CT molecular complexity index is 306. The van der Waals surface area contributed by atoms with E-state index in [1.54, 1.807) is 0 Å². The SMILES string of the molecule is NOCCc1cc(Br)c(O)cc1F. The van der Waals surface area contributed by atoms with E-state index in [9.17, 15) is 4.39 Å². The lowest BCUT2D eigenvalue weighted by Gasteiger charge is -2.04. The molecule has 3 nitrogen and oxygen atoms in total. The molecule has 0 atom stereocenters. The first-order chi connectivity index (χ1) is 6.15. The van der Waals surface area contributed by atoms with Crippen molar-refractivity contribution in [3.8, 4) is 5.75 Å². The van der Waals surface area contributed by atoms with Crippen molar-refractivity contribution in [3.05, 3.63) is 28.0 Å². The smallest absolute Gasteiger partial charge is 0.132 e. The van der Waals surface area contributed by atoms with Crippen LogP contribution >= 0.6 is 15.9 Å². The lowest BCUT2D eigenvalue weighted by molar-refractivity contribution is 0.140. The second-order valence-electron chi connectivity index (χ2n) is 2.52. The summed E-state index contributed by atoms with van der Waals surface area (Å²) in [4.78, 5) is 4.33. The van der Waals surface area contributed by atoms with Gasteiger partial charge in [-0.15, -0.1) is 0 Å². The van der Waals surface area contributed by atoms with E-state index in [2.05, 4.69) is 20.8 Å². The van der Waals surface area contributed by atoms with Gasteiger partial charge in [0.2, 0.25) is 0 Å². The molecule has 1 aromatic rings. The summed E-state index contributed by atoms with van der Waals surface area (Å²) in [7, 11) is 0. The van der Waals surface area contributed by atoms with Crippen molar-refractivity contribution < 1.29 is 14.3 Å². The quantitative estimate of drug-likeness (QED) is 0.803. The van der Waals surface area contributed by atoms with Crippen LogP contribution in [-0.2, 0) is 11.3 Å². The van der Waals surface area contributed by atoms with E-state index in [0.29, 0.717) is 16.5 Å². The van der Waals surface area contributed by atoms with Crippen LogP contribution in [0.4, 0.5) is 4.39 Å². The molecule has 3 N–H and O–H groups in total. The number of halogens is 2. The summed E-state index contributed by atoms with van der Waals surface area (Å²) in [5.41, 5.74) is 0.454. The number of phenols is 1. The van der Waals surface area contributed by atoms with Crippen LogP contribution in [0, 0.1) is 5.82 Å². The van der Waals surface area contributed by atoms with Crippen molar-refractivity contribution in [2.24, 2.45) is 5.90 Å². The molecule has 0 saturated heterocycles. The first kappa shape index (κ1) is 10.4. The fourth-order valence-electron chi connectivity index (χ4n) is 0.938. The van der Waals surface area contributed by atoms with Crippen molar-refractivity contribution in [1.82, 2.24) is 0 Å². The van der Waals surface area contributed by atoms with Crippen LogP contribution in [0.5, 0.6) is 5.75 Å². The van der Waals surface area contributed by atoms with Crippen molar-refractivity contribution in [2.45, 2.75) is 6.42 Å². The molecule has 5 heteroatoms. The van der Waals surface area contributed by atoms with Crippen molar-refractivity contribution in [3.63, 3.8) is 0 Å². The van der Waals surface area contributed by atoms with Gasteiger partial charge in [-0.1, -0.05) is 0 Å². The van der Waals surface area contributed by atoms with Gasteiger partial charge in [0.05, 0.1) is 11.1 Å². The number of hydrogen-bond donors (Lipinski definition) is 2. The van der Waals surface area contributed by atoms with Crippen molar-refractivity contribution in [1.29, 1.82) is 0 Å². The monoisotopic (exact) mass is 249 g/mol. The summed E-state index contributed by atoms with van der Waals surface area (Å²) in [6.45, 7) is 0.244. The minimum absolute atomic E-state index is 0.116. The van der Waals surface area contributed by atoms with Crippen LogP contribution in [0.25, 0.3) is 0 Å². The van der Waals surface area contributed by atoms with Crippen LogP contribution in [0.1, 0.15) is 5.56 Å². The highest BCUT2D eigenvalue weighted by molar-refractivity contribution is 9.10. The van der Waals surface area contributed by atoms with Crippen LogP contribution in [0.3, 0.4) is 0 Å². The van der Waals surface area contributed by atoms with Crippen molar-refractivity contribution >= 4 is 15.9 Å². The molecule has 0 aliphatic rings. The number of rotatable bonds is 3. The summed E-state index contributed by atoms with van der Waals surface area (Å²) in [5, 5.41) is 9.11. The summed E-state index contributed by atoms with van der Waals surface area (Å²) >= 11 is 3.08. The van der Waals surface area contributed by atoms with E-state index in [1.165, 1.54) is 6.07 Å². The molecule has 0 aromatic heterocycles. The number of benzene rings is 1. The Hall–Kier alpha value is -0.650. The van der Waals surface area contributed by atoms with Gasteiger partial charge >= 0.3 is 0 Å². The van der Waals surface area contributed by atoms with Gasteiger partial charge in [-0.2, -0.15) is 0 Å². The molecule has 72 valence electrons. The standard InChI is InChI=1S/C8H9BrFNO2/c9-6-3-5(1-2-13-11)7(10)4-8(6)12/h3-4,12H,1-2,11H2. The maximum atomic E-state index is 13.1. The predicted molar refractivity (Wildman–Crippen MR) is 49.6 cm³/mol. The van der Waals surface area contributed by atoms with E-state index in [-0.39, 0.29) is 12.4 Å². The zero-order chi connectivity index (χ0) is 9.84. The normalized spacial score (nSPS) is 10.4. The molecule has 0 heterocycles. The van der Waals surface area contributed by atoms with Gasteiger partial charge in [-0.25, -0.2) is 10.3 Å². The Kier molecular flexibility index (Phi) is 3.65. The maximum absolute atomic E-state index is 13.1. The molecule has 0 unspecified atom stereocenters. The third kappa shape index (κ3) is 2.65. The average molecular weight is 250 g/mol. The Labute approximate surface area is 83.4 Å². The molecule has 0 radical (unpaired) electrons. The molecule has 1 aromatic carbocycles. The third-order valence-corrected chi connectivity index (χ3v) is 2.24. The van der Waals surface area contributed by atoms with E-state index in [0.717, 1.165) is 6.07 Å². The zero-order valence-electron chi connectivity index (χ0n) is 6.76. The molecule has 0 spiro atoms. The van der Waals surface area contributed by atoms with Gasteiger partial charge in [-0.05, 0) is 27.6 Å². The summed E-state index contributed by atoms with van der Waals surface area (Å²) < 4.78 is 13.5. The molecule has 0 saturated carbocycles. The van der Waals surface area contributed by atoms with Gasteiger partial charge in [-0.3, -0.25) is 0 Å². The van der Waals surface area contributed by atoms with Crippen LogP contribution in [0.2, 0.25) is 0 Å². The molecule has 0 fully saturated rings. The van der Waals surface area contributed by atoms with E-state index in [4.69, 9.17) is 11.0 Å². The first-order valence-corrected chi connectivity index (χ1v) is 4.43. The Morgan fingerprint density at radius 3 is 2.85 bits per heavy atom. The predicted octanol–water partition coefficient (Wildman–Crippen LogP) is 1.73. The van der Waals surface area contributed by atoms with E-state index >= 15 is 0 Å². The second kappa shape index (κ2) is 4.55.